The molecule has 6 heteroatoms. The number of pyridine rings is 2. The average molecular weight is 627 g/mol. The summed E-state index contributed by atoms with van der Waals surface area (Å²) in [6.45, 7) is 4.77. The van der Waals surface area contributed by atoms with Gasteiger partial charge in [-0.2, -0.15) is 0 Å². The van der Waals surface area contributed by atoms with Crippen molar-refractivity contribution in [2.24, 2.45) is 0 Å². The molecule has 6 nitrogen and oxygen atoms in total. The van der Waals surface area contributed by atoms with Crippen LogP contribution in [-0.2, 0) is 13.1 Å². The van der Waals surface area contributed by atoms with Crippen LogP contribution in [0.1, 0.15) is 43.0 Å². The first-order chi connectivity index (χ1) is 23.4. The Kier molecular flexibility index (Phi) is 8.46. The van der Waals surface area contributed by atoms with Gasteiger partial charge in [-0.3, -0.25) is 9.59 Å². The van der Waals surface area contributed by atoms with E-state index < -0.39 is 0 Å². The molecule has 0 spiro atoms. The maximum atomic E-state index is 13.6. The number of benzene rings is 5. The number of nitrogens with zero attached hydrogens (tertiary/aromatic N) is 2. The van der Waals surface area contributed by atoms with E-state index in [4.69, 9.17) is 9.97 Å². The number of aromatic nitrogens is 2. The molecule has 0 saturated heterocycles. The van der Waals surface area contributed by atoms with E-state index in [-0.39, 0.29) is 11.8 Å². The molecule has 5 aromatic carbocycles. The molecular formula is C42H34N4O2. The van der Waals surface area contributed by atoms with Crippen molar-refractivity contribution in [3.63, 3.8) is 0 Å². The fourth-order valence-electron chi connectivity index (χ4n) is 6.13. The van der Waals surface area contributed by atoms with Gasteiger partial charge in [0.2, 0.25) is 0 Å². The third-order valence-electron chi connectivity index (χ3n) is 8.66. The highest BCUT2D eigenvalue weighted by atomic mass is 16.2. The van der Waals surface area contributed by atoms with E-state index in [1.807, 2.05) is 147 Å². The summed E-state index contributed by atoms with van der Waals surface area (Å²) in [6, 6.07) is 43.2. The van der Waals surface area contributed by atoms with Crippen LogP contribution in [0.25, 0.3) is 44.3 Å². The van der Waals surface area contributed by atoms with Gasteiger partial charge < -0.3 is 10.6 Å². The molecule has 0 bridgehead atoms. The van der Waals surface area contributed by atoms with Gasteiger partial charge in [0.15, 0.2) is 0 Å². The van der Waals surface area contributed by atoms with Crippen molar-refractivity contribution in [3.05, 3.63) is 167 Å². The van der Waals surface area contributed by atoms with E-state index in [0.29, 0.717) is 24.2 Å². The zero-order valence-electron chi connectivity index (χ0n) is 26.8. The number of carbonyl (C=O) groups is 2. The summed E-state index contributed by atoms with van der Waals surface area (Å²) in [5.41, 5.74) is 10.3. The first-order valence-electron chi connectivity index (χ1n) is 16.0. The van der Waals surface area contributed by atoms with E-state index in [2.05, 4.69) is 10.6 Å². The number of amides is 2. The highest BCUT2D eigenvalue weighted by molar-refractivity contribution is 6.08. The SMILES string of the molecule is Cc1ccccc1-c1cc(C(=O)NCc2cccc(CNC(=O)c3cc(-c4ccccc4C)nc4ccccc34)c2)c2ccccc2n1. The summed E-state index contributed by atoms with van der Waals surface area (Å²) in [5.74, 6) is -0.340. The normalized spacial score (nSPS) is 11.0. The second-order valence-electron chi connectivity index (χ2n) is 12.0. The van der Waals surface area contributed by atoms with E-state index in [1.165, 1.54) is 0 Å². The van der Waals surface area contributed by atoms with E-state index in [1.54, 1.807) is 0 Å². The molecule has 2 amide bonds. The van der Waals surface area contributed by atoms with Crippen molar-refractivity contribution in [1.29, 1.82) is 0 Å². The molecule has 0 saturated carbocycles. The topological polar surface area (TPSA) is 84.0 Å². The monoisotopic (exact) mass is 626 g/mol. The molecule has 48 heavy (non-hydrogen) atoms. The van der Waals surface area contributed by atoms with Gasteiger partial charge in [0.25, 0.3) is 11.8 Å². The second-order valence-corrected chi connectivity index (χ2v) is 12.0. The van der Waals surface area contributed by atoms with Gasteiger partial charge in [-0.05, 0) is 60.4 Å². The third kappa shape index (κ3) is 6.29. The molecule has 0 fully saturated rings. The Bertz CT molecular complexity index is 2170. The first-order valence-corrected chi connectivity index (χ1v) is 16.0. The summed E-state index contributed by atoms with van der Waals surface area (Å²) in [4.78, 5) is 36.9. The lowest BCUT2D eigenvalue weighted by molar-refractivity contribution is 0.0945. The van der Waals surface area contributed by atoms with Crippen LogP contribution in [0.2, 0.25) is 0 Å². The Morgan fingerprint density at radius 2 is 0.917 bits per heavy atom. The van der Waals surface area contributed by atoms with Crippen LogP contribution in [0, 0.1) is 13.8 Å². The fourth-order valence-corrected chi connectivity index (χ4v) is 6.13. The summed E-state index contributed by atoms with van der Waals surface area (Å²) >= 11 is 0. The standard InChI is InChI=1S/C42H34N4O2/c1-27-12-3-5-16-31(27)39-23-35(33-18-7-9-20-37(33)45-39)41(47)43-25-29-14-11-15-30(22-29)26-44-42(48)36-24-40(32-17-6-4-13-28(32)2)46-38-21-10-8-19-34(36)38/h3-24H,25-26H2,1-2H3,(H,43,47)(H,44,48). The largest absolute Gasteiger partial charge is 0.348 e. The molecule has 7 rings (SSSR count). The number of hydrogen-bond donors (Lipinski definition) is 2. The lowest BCUT2D eigenvalue weighted by Gasteiger charge is -2.13. The molecule has 2 heterocycles. The number of nitrogens with one attached hydrogen (secondary N) is 2. The Balaban J connectivity index is 1.08. The maximum absolute atomic E-state index is 13.6. The summed E-state index contributed by atoms with van der Waals surface area (Å²) in [6.07, 6.45) is 0. The first kappa shape index (κ1) is 30.5. The van der Waals surface area contributed by atoms with Gasteiger partial charge in [-0.25, -0.2) is 9.97 Å². The van der Waals surface area contributed by atoms with Gasteiger partial charge in [-0.15, -0.1) is 0 Å². The average Bonchev–Trinajstić information content (AvgIpc) is 3.12. The Morgan fingerprint density at radius 3 is 1.38 bits per heavy atom. The van der Waals surface area contributed by atoms with Crippen molar-refractivity contribution in [1.82, 2.24) is 20.6 Å². The van der Waals surface area contributed by atoms with Gasteiger partial charge in [0.05, 0.1) is 33.5 Å². The van der Waals surface area contributed by atoms with Crippen LogP contribution in [0.3, 0.4) is 0 Å². The molecule has 0 aliphatic rings. The Morgan fingerprint density at radius 1 is 0.500 bits per heavy atom. The molecule has 7 aromatic rings. The zero-order valence-corrected chi connectivity index (χ0v) is 26.8. The quantitative estimate of drug-likeness (QED) is 0.177. The number of carbonyl (C=O) groups excluding carboxylic acids is 2. The zero-order chi connectivity index (χ0) is 33.0. The minimum Gasteiger partial charge on any atom is -0.348 e. The van der Waals surface area contributed by atoms with Crippen molar-refractivity contribution in [2.75, 3.05) is 0 Å². The van der Waals surface area contributed by atoms with E-state index >= 15 is 0 Å². The third-order valence-corrected chi connectivity index (χ3v) is 8.66. The molecule has 2 aromatic heterocycles. The van der Waals surface area contributed by atoms with Crippen LogP contribution in [0.15, 0.2) is 133 Å². The Hall–Kier alpha value is -6.14. The van der Waals surface area contributed by atoms with Crippen LogP contribution in [-0.4, -0.2) is 21.8 Å². The molecule has 0 radical (unpaired) electrons. The molecular weight excluding hydrogens is 592 g/mol. The highest BCUT2D eigenvalue weighted by Gasteiger charge is 2.17. The maximum Gasteiger partial charge on any atom is 0.252 e. The highest BCUT2D eigenvalue weighted by Crippen LogP contribution is 2.28. The number of rotatable bonds is 8. The molecule has 0 aliphatic heterocycles. The summed E-state index contributed by atoms with van der Waals surface area (Å²) < 4.78 is 0. The van der Waals surface area contributed by atoms with Crippen LogP contribution < -0.4 is 10.6 Å². The number of hydrogen-bond acceptors (Lipinski definition) is 4. The summed E-state index contributed by atoms with van der Waals surface area (Å²) in [7, 11) is 0. The van der Waals surface area contributed by atoms with Gasteiger partial charge in [-0.1, -0.05) is 109 Å². The molecule has 0 atom stereocenters. The smallest absolute Gasteiger partial charge is 0.252 e. The molecule has 2 N–H and O–H groups in total. The molecule has 0 unspecified atom stereocenters. The van der Waals surface area contributed by atoms with Gasteiger partial charge in [0, 0.05) is 35.0 Å². The van der Waals surface area contributed by atoms with Crippen LogP contribution in [0.5, 0.6) is 0 Å². The van der Waals surface area contributed by atoms with Gasteiger partial charge in [0.1, 0.15) is 0 Å². The van der Waals surface area contributed by atoms with Crippen molar-refractivity contribution in [3.8, 4) is 22.5 Å². The molecule has 234 valence electrons. The fraction of sp³-hybridized carbons (Fsp3) is 0.0952. The minimum absolute atomic E-state index is 0.170. The predicted molar refractivity (Wildman–Crippen MR) is 193 cm³/mol. The van der Waals surface area contributed by atoms with Crippen LogP contribution in [0.4, 0.5) is 0 Å². The predicted octanol–water partition coefficient (Wildman–Crippen LogP) is 8.59. The van der Waals surface area contributed by atoms with Crippen molar-refractivity contribution < 1.29 is 9.59 Å². The molecule has 0 aliphatic carbocycles. The number of para-hydroxylation sites is 2. The van der Waals surface area contributed by atoms with Crippen molar-refractivity contribution in [2.45, 2.75) is 26.9 Å². The van der Waals surface area contributed by atoms with E-state index in [0.717, 1.165) is 66.6 Å². The lowest BCUT2D eigenvalue weighted by Crippen LogP contribution is -2.24. The van der Waals surface area contributed by atoms with Gasteiger partial charge >= 0.3 is 0 Å². The minimum atomic E-state index is -0.170. The number of aryl methyl sites for hydroxylation is 2. The lowest BCUT2D eigenvalue weighted by atomic mass is 10.0. The van der Waals surface area contributed by atoms with Crippen molar-refractivity contribution >= 4 is 33.6 Å². The number of fused-ring (bicyclic) bond motifs is 2. The van der Waals surface area contributed by atoms with Crippen LogP contribution >= 0.6 is 0 Å². The van der Waals surface area contributed by atoms with E-state index in [9.17, 15) is 9.59 Å². The summed E-state index contributed by atoms with van der Waals surface area (Å²) in [5, 5.41) is 7.82. The second kappa shape index (κ2) is 13.3. The Labute approximate surface area is 279 Å².